The summed E-state index contributed by atoms with van der Waals surface area (Å²) in [6.07, 6.45) is 0. The summed E-state index contributed by atoms with van der Waals surface area (Å²) < 4.78 is 32.0. The number of nitrogens with one attached hydrogen (secondary N) is 1. The predicted molar refractivity (Wildman–Crippen MR) is 94.0 cm³/mol. The Kier molecular flexibility index (Phi) is 6.89. The number of carbonyl (C=O) groups is 1. The van der Waals surface area contributed by atoms with E-state index in [2.05, 4.69) is 24.1 Å². The Morgan fingerprint density at radius 2 is 1.80 bits per heavy atom. The molecular formula is C19H22F2N2O2. The first-order valence-electron chi connectivity index (χ1n) is 8.25. The lowest BCUT2D eigenvalue weighted by atomic mass is 10.2. The normalized spacial score (nSPS) is 10.8. The number of anilines is 1. The fourth-order valence-corrected chi connectivity index (χ4v) is 2.35. The zero-order chi connectivity index (χ0) is 18.2. The standard InChI is InChI=1S/C19H22F2N2O2/c1-3-23(4-2)11-12-25-18-8-6-5-7-17(18)22-19(24)14-9-10-15(20)16(21)13-14/h5-10,13H,3-4,11-12H2,1-2H3,(H,22,24). The van der Waals surface area contributed by atoms with Crippen molar-refractivity contribution in [1.29, 1.82) is 0 Å². The third kappa shape index (κ3) is 5.26. The Morgan fingerprint density at radius 3 is 2.48 bits per heavy atom. The fraction of sp³-hybridized carbons (Fsp3) is 0.316. The van der Waals surface area contributed by atoms with Crippen LogP contribution in [0.5, 0.6) is 5.75 Å². The highest BCUT2D eigenvalue weighted by atomic mass is 19.2. The quantitative estimate of drug-likeness (QED) is 0.786. The van der Waals surface area contributed by atoms with Crippen LogP contribution in [0.3, 0.4) is 0 Å². The van der Waals surface area contributed by atoms with Gasteiger partial charge < -0.3 is 15.0 Å². The first kappa shape index (κ1) is 18.9. The molecule has 6 heteroatoms. The second-order valence-corrected chi connectivity index (χ2v) is 5.45. The van der Waals surface area contributed by atoms with Crippen LogP contribution >= 0.6 is 0 Å². The maximum Gasteiger partial charge on any atom is 0.255 e. The van der Waals surface area contributed by atoms with Crippen LogP contribution in [0.4, 0.5) is 14.5 Å². The lowest BCUT2D eigenvalue weighted by Gasteiger charge is -2.19. The van der Waals surface area contributed by atoms with Crippen molar-refractivity contribution in [1.82, 2.24) is 4.90 Å². The van der Waals surface area contributed by atoms with Crippen LogP contribution in [-0.4, -0.2) is 37.0 Å². The van der Waals surface area contributed by atoms with Crippen LogP contribution in [-0.2, 0) is 0 Å². The summed E-state index contributed by atoms with van der Waals surface area (Å²) in [5, 5.41) is 2.67. The summed E-state index contributed by atoms with van der Waals surface area (Å²) in [6.45, 7) is 7.31. The van der Waals surface area contributed by atoms with Crippen LogP contribution in [0.2, 0.25) is 0 Å². The molecule has 134 valence electrons. The molecule has 2 aromatic rings. The maximum absolute atomic E-state index is 13.3. The van der Waals surface area contributed by atoms with E-state index in [4.69, 9.17) is 4.74 Å². The lowest BCUT2D eigenvalue weighted by Crippen LogP contribution is -2.28. The second kappa shape index (κ2) is 9.13. The molecule has 0 radical (unpaired) electrons. The van der Waals surface area contributed by atoms with Crippen molar-refractivity contribution in [2.75, 3.05) is 31.6 Å². The van der Waals surface area contributed by atoms with Gasteiger partial charge in [-0.1, -0.05) is 26.0 Å². The van der Waals surface area contributed by atoms with Crippen molar-refractivity contribution in [3.8, 4) is 5.75 Å². The summed E-state index contributed by atoms with van der Waals surface area (Å²) >= 11 is 0. The van der Waals surface area contributed by atoms with E-state index < -0.39 is 17.5 Å². The molecular weight excluding hydrogens is 326 g/mol. The van der Waals surface area contributed by atoms with E-state index in [1.165, 1.54) is 6.07 Å². The average molecular weight is 348 g/mol. The summed E-state index contributed by atoms with van der Waals surface area (Å²) in [4.78, 5) is 14.5. The van der Waals surface area contributed by atoms with Crippen molar-refractivity contribution in [2.45, 2.75) is 13.8 Å². The SMILES string of the molecule is CCN(CC)CCOc1ccccc1NC(=O)c1ccc(F)c(F)c1. The van der Waals surface area contributed by atoms with E-state index >= 15 is 0 Å². The van der Waals surface area contributed by atoms with Crippen molar-refractivity contribution in [2.24, 2.45) is 0 Å². The third-order valence-corrected chi connectivity index (χ3v) is 3.88. The Morgan fingerprint density at radius 1 is 1.08 bits per heavy atom. The zero-order valence-corrected chi connectivity index (χ0v) is 14.4. The molecule has 25 heavy (non-hydrogen) atoms. The average Bonchev–Trinajstić information content (AvgIpc) is 2.62. The minimum atomic E-state index is -1.06. The van der Waals surface area contributed by atoms with Gasteiger partial charge >= 0.3 is 0 Å². The topological polar surface area (TPSA) is 41.6 Å². The summed E-state index contributed by atoms with van der Waals surface area (Å²) in [5.41, 5.74) is 0.522. The lowest BCUT2D eigenvalue weighted by molar-refractivity contribution is 0.102. The van der Waals surface area contributed by atoms with Crippen molar-refractivity contribution < 1.29 is 18.3 Å². The van der Waals surface area contributed by atoms with Gasteiger partial charge in [0.15, 0.2) is 11.6 Å². The van der Waals surface area contributed by atoms with Gasteiger partial charge in [0.2, 0.25) is 0 Å². The molecule has 4 nitrogen and oxygen atoms in total. The molecule has 2 aromatic carbocycles. The fourth-order valence-electron chi connectivity index (χ4n) is 2.35. The highest BCUT2D eigenvalue weighted by Gasteiger charge is 2.12. The minimum Gasteiger partial charge on any atom is -0.490 e. The molecule has 0 saturated carbocycles. The Bertz CT molecular complexity index is 718. The highest BCUT2D eigenvalue weighted by Crippen LogP contribution is 2.24. The molecule has 0 aliphatic rings. The summed E-state index contributed by atoms with van der Waals surface area (Å²) in [7, 11) is 0. The number of nitrogens with zero attached hydrogens (tertiary/aromatic N) is 1. The van der Waals surface area contributed by atoms with Gasteiger partial charge in [-0.05, 0) is 43.4 Å². The van der Waals surface area contributed by atoms with Crippen molar-refractivity contribution in [3.05, 3.63) is 59.7 Å². The number of hydrogen-bond donors (Lipinski definition) is 1. The van der Waals surface area contributed by atoms with Gasteiger partial charge in [0.05, 0.1) is 5.69 Å². The third-order valence-electron chi connectivity index (χ3n) is 3.88. The van der Waals surface area contributed by atoms with E-state index in [1.807, 2.05) is 0 Å². The van der Waals surface area contributed by atoms with Crippen LogP contribution in [0.15, 0.2) is 42.5 Å². The first-order valence-corrected chi connectivity index (χ1v) is 8.25. The molecule has 0 fully saturated rings. The molecule has 0 aliphatic carbocycles. The van der Waals surface area contributed by atoms with Crippen LogP contribution in [0, 0.1) is 11.6 Å². The van der Waals surface area contributed by atoms with Crippen LogP contribution in [0.25, 0.3) is 0 Å². The minimum absolute atomic E-state index is 0.0387. The number of amides is 1. The molecule has 0 heterocycles. The smallest absolute Gasteiger partial charge is 0.255 e. The van der Waals surface area contributed by atoms with E-state index in [0.29, 0.717) is 18.0 Å². The first-order chi connectivity index (χ1) is 12.0. The second-order valence-electron chi connectivity index (χ2n) is 5.45. The maximum atomic E-state index is 13.3. The molecule has 0 bridgehead atoms. The number of halogens is 2. The Labute approximate surface area is 146 Å². The molecule has 0 aliphatic heterocycles. The van der Waals surface area contributed by atoms with Gasteiger partial charge in [-0.2, -0.15) is 0 Å². The van der Waals surface area contributed by atoms with E-state index in [1.54, 1.807) is 24.3 Å². The molecule has 1 N–H and O–H groups in total. The number of ether oxygens (including phenoxy) is 1. The highest BCUT2D eigenvalue weighted by molar-refractivity contribution is 6.05. The number of benzene rings is 2. The summed E-state index contributed by atoms with van der Waals surface area (Å²) in [5.74, 6) is -2.04. The Hall–Kier alpha value is -2.47. The van der Waals surface area contributed by atoms with Gasteiger partial charge in [-0.25, -0.2) is 8.78 Å². The van der Waals surface area contributed by atoms with Gasteiger partial charge in [-0.15, -0.1) is 0 Å². The van der Waals surface area contributed by atoms with E-state index in [0.717, 1.165) is 31.8 Å². The molecule has 0 spiro atoms. The predicted octanol–water partition coefficient (Wildman–Crippen LogP) is 3.94. The zero-order valence-electron chi connectivity index (χ0n) is 14.4. The number of hydrogen-bond acceptors (Lipinski definition) is 3. The van der Waals surface area contributed by atoms with Crippen molar-refractivity contribution >= 4 is 11.6 Å². The van der Waals surface area contributed by atoms with Gasteiger partial charge in [0.25, 0.3) is 5.91 Å². The van der Waals surface area contributed by atoms with Crippen LogP contribution in [0.1, 0.15) is 24.2 Å². The van der Waals surface area contributed by atoms with Gasteiger partial charge in [0, 0.05) is 12.1 Å². The molecule has 0 saturated heterocycles. The van der Waals surface area contributed by atoms with E-state index in [9.17, 15) is 13.6 Å². The molecule has 2 rings (SSSR count). The monoisotopic (exact) mass is 348 g/mol. The number of para-hydroxylation sites is 2. The van der Waals surface area contributed by atoms with Gasteiger partial charge in [-0.3, -0.25) is 4.79 Å². The Balaban J connectivity index is 2.04. The number of likely N-dealkylation sites (N-methyl/N-ethyl adjacent to an activating group) is 1. The van der Waals surface area contributed by atoms with Gasteiger partial charge in [0.1, 0.15) is 12.4 Å². The van der Waals surface area contributed by atoms with Crippen molar-refractivity contribution in [3.63, 3.8) is 0 Å². The molecule has 0 atom stereocenters. The van der Waals surface area contributed by atoms with E-state index in [-0.39, 0.29) is 5.56 Å². The summed E-state index contributed by atoms with van der Waals surface area (Å²) in [6, 6.07) is 10.1. The number of rotatable bonds is 8. The number of carbonyl (C=O) groups excluding carboxylic acids is 1. The molecule has 0 unspecified atom stereocenters. The molecule has 1 amide bonds. The molecule has 0 aromatic heterocycles. The largest absolute Gasteiger partial charge is 0.490 e. The van der Waals surface area contributed by atoms with Crippen LogP contribution < -0.4 is 10.1 Å².